The van der Waals surface area contributed by atoms with Gasteiger partial charge in [0.25, 0.3) is 11.8 Å². The Labute approximate surface area is 162 Å². The molecule has 1 heterocycles. The smallest absolute Gasteiger partial charge is 0.262 e. The van der Waals surface area contributed by atoms with Crippen molar-refractivity contribution >= 4 is 22.7 Å². The predicted octanol–water partition coefficient (Wildman–Crippen LogP) is 4.01. The second-order valence-corrected chi connectivity index (χ2v) is 6.40. The third-order valence-electron chi connectivity index (χ3n) is 4.55. The number of hydrogen-bond donors (Lipinski definition) is 1. The number of benzene rings is 3. The van der Waals surface area contributed by atoms with E-state index in [4.69, 9.17) is 10.5 Å². The minimum Gasteiger partial charge on any atom is -0.489 e. The van der Waals surface area contributed by atoms with Crippen LogP contribution >= 0.6 is 0 Å². The average molecular weight is 370 g/mol. The van der Waals surface area contributed by atoms with Crippen LogP contribution in [0.2, 0.25) is 0 Å². The van der Waals surface area contributed by atoms with Crippen molar-refractivity contribution in [3.05, 3.63) is 102 Å². The predicted molar refractivity (Wildman–Crippen MR) is 107 cm³/mol. The molecule has 138 valence electrons. The molecule has 0 atom stereocenters. The number of fused-ring (bicyclic) bond motifs is 1. The number of carbonyl (C=O) groups excluding carboxylic acids is 2. The number of amides is 1. The van der Waals surface area contributed by atoms with Gasteiger partial charge in [0.1, 0.15) is 12.4 Å². The number of para-hydroxylation sites is 1. The fourth-order valence-corrected chi connectivity index (χ4v) is 3.12. The summed E-state index contributed by atoms with van der Waals surface area (Å²) >= 11 is 0. The van der Waals surface area contributed by atoms with Crippen molar-refractivity contribution in [1.29, 1.82) is 0 Å². The first-order valence-corrected chi connectivity index (χ1v) is 8.85. The van der Waals surface area contributed by atoms with Gasteiger partial charge in [-0.15, -0.1) is 0 Å². The van der Waals surface area contributed by atoms with Crippen LogP contribution in [0, 0.1) is 0 Å². The highest BCUT2D eigenvalue weighted by molar-refractivity contribution is 6.11. The van der Waals surface area contributed by atoms with E-state index in [2.05, 4.69) is 0 Å². The Morgan fingerprint density at radius 1 is 0.857 bits per heavy atom. The lowest BCUT2D eigenvalue weighted by Gasteiger charge is -2.08. The van der Waals surface area contributed by atoms with Gasteiger partial charge in [-0.2, -0.15) is 0 Å². The van der Waals surface area contributed by atoms with Gasteiger partial charge in [0.05, 0.1) is 11.1 Å². The molecule has 0 fully saturated rings. The molecule has 4 rings (SSSR count). The van der Waals surface area contributed by atoms with Crippen LogP contribution in [0.3, 0.4) is 0 Å². The maximum Gasteiger partial charge on any atom is 0.262 e. The maximum absolute atomic E-state index is 13.0. The number of rotatable bonds is 5. The zero-order valence-electron chi connectivity index (χ0n) is 15.0. The van der Waals surface area contributed by atoms with Gasteiger partial charge in [0.2, 0.25) is 0 Å². The van der Waals surface area contributed by atoms with Gasteiger partial charge < -0.3 is 10.5 Å². The first kappa shape index (κ1) is 17.5. The summed E-state index contributed by atoms with van der Waals surface area (Å²) in [5.74, 6) is -0.124. The molecule has 0 bridgehead atoms. The first-order chi connectivity index (χ1) is 13.6. The number of hydrogen-bond acceptors (Lipinski definition) is 3. The van der Waals surface area contributed by atoms with Crippen molar-refractivity contribution < 1.29 is 14.3 Å². The highest BCUT2D eigenvalue weighted by Gasteiger charge is 2.17. The van der Waals surface area contributed by atoms with Crippen molar-refractivity contribution in [2.45, 2.75) is 6.61 Å². The Bertz CT molecular complexity index is 1150. The summed E-state index contributed by atoms with van der Waals surface area (Å²) in [5.41, 5.74) is 7.98. The van der Waals surface area contributed by atoms with Crippen molar-refractivity contribution in [2.24, 2.45) is 5.73 Å². The minimum absolute atomic E-state index is 0.238. The summed E-state index contributed by atoms with van der Waals surface area (Å²) in [5, 5.41) is 0.658. The minimum atomic E-state index is -0.563. The van der Waals surface area contributed by atoms with Gasteiger partial charge in [-0.25, -0.2) is 0 Å². The Balaban J connectivity index is 1.57. The Kier molecular flexibility index (Phi) is 4.64. The van der Waals surface area contributed by atoms with Gasteiger partial charge in [-0.05, 0) is 35.9 Å². The summed E-state index contributed by atoms with van der Waals surface area (Å²) in [7, 11) is 0. The summed E-state index contributed by atoms with van der Waals surface area (Å²) in [6, 6.07) is 24.0. The van der Waals surface area contributed by atoms with E-state index >= 15 is 0 Å². The third kappa shape index (κ3) is 3.38. The molecule has 0 spiro atoms. The summed E-state index contributed by atoms with van der Waals surface area (Å²) in [6.07, 6.45) is 1.50. The normalized spacial score (nSPS) is 10.7. The van der Waals surface area contributed by atoms with E-state index in [1.54, 1.807) is 36.4 Å². The van der Waals surface area contributed by atoms with E-state index in [0.29, 0.717) is 34.4 Å². The van der Waals surface area contributed by atoms with Crippen LogP contribution < -0.4 is 10.5 Å². The van der Waals surface area contributed by atoms with Gasteiger partial charge in [0, 0.05) is 17.1 Å². The molecule has 0 saturated heterocycles. The van der Waals surface area contributed by atoms with Gasteiger partial charge in [-0.1, -0.05) is 48.5 Å². The van der Waals surface area contributed by atoms with E-state index in [-0.39, 0.29) is 5.91 Å². The largest absolute Gasteiger partial charge is 0.489 e. The molecule has 28 heavy (non-hydrogen) atoms. The molecule has 0 unspecified atom stereocenters. The van der Waals surface area contributed by atoms with Crippen LogP contribution in [0.4, 0.5) is 0 Å². The standard InChI is InChI=1S/C23H18N2O3/c24-22(26)20-14-25(21-9-5-4-8-19(20)21)23(27)17-10-12-18(13-11-17)28-15-16-6-2-1-3-7-16/h1-14H,15H2,(H2,24,26). The third-order valence-corrected chi connectivity index (χ3v) is 4.55. The summed E-state index contributed by atoms with van der Waals surface area (Å²) in [4.78, 5) is 24.7. The Hall–Kier alpha value is -3.86. The monoisotopic (exact) mass is 370 g/mol. The lowest BCUT2D eigenvalue weighted by Crippen LogP contribution is -2.12. The van der Waals surface area contributed by atoms with E-state index in [1.165, 1.54) is 10.8 Å². The van der Waals surface area contributed by atoms with Crippen LogP contribution in [-0.2, 0) is 6.61 Å². The molecule has 0 radical (unpaired) electrons. The molecule has 4 aromatic rings. The lowest BCUT2D eigenvalue weighted by molar-refractivity contribution is 0.0965. The number of ether oxygens (including phenoxy) is 1. The molecule has 0 aliphatic rings. The molecule has 0 aliphatic carbocycles. The molecule has 1 amide bonds. The highest BCUT2D eigenvalue weighted by atomic mass is 16.5. The van der Waals surface area contributed by atoms with Gasteiger partial charge >= 0.3 is 0 Å². The molecule has 5 nitrogen and oxygen atoms in total. The SMILES string of the molecule is NC(=O)c1cn(C(=O)c2ccc(OCc3ccccc3)cc2)c2ccccc12. The molecule has 5 heteroatoms. The second kappa shape index (κ2) is 7.40. The van der Waals surface area contributed by atoms with Crippen LogP contribution in [0.15, 0.2) is 85.1 Å². The zero-order chi connectivity index (χ0) is 19.5. The van der Waals surface area contributed by atoms with Crippen LogP contribution in [0.1, 0.15) is 26.3 Å². The van der Waals surface area contributed by atoms with E-state index in [9.17, 15) is 9.59 Å². The number of aromatic nitrogens is 1. The Morgan fingerprint density at radius 3 is 2.25 bits per heavy atom. The van der Waals surface area contributed by atoms with Crippen molar-refractivity contribution in [3.63, 3.8) is 0 Å². The number of carbonyl (C=O) groups is 2. The molecular weight excluding hydrogens is 352 g/mol. The lowest BCUT2D eigenvalue weighted by atomic mass is 10.1. The fraction of sp³-hybridized carbons (Fsp3) is 0.0435. The topological polar surface area (TPSA) is 74.3 Å². The number of nitrogens with two attached hydrogens (primary N) is 1. The van der Waals surface area contributed by atoms with E-state index in [0.717, 1.165) is 5.56 Å². The Morgan fingerprint density at radius 2 is 1.54 bits per heavy atom. The zero-order valence-corrected chi connectivity index (χ0v) is 15.0. The van der Waals surface area contributed by atoms with Gasteiger partial charge in [0.15, 0.2) is 0 Å². The van der Waals surface area contributed by atoms with Crippen LogP contribution in [0.25, 0.3) is 10.9 Å². The van der Waals surface area contributed by atoms with Crippen molar-refractivity contribution in [1.82, 2.24) is 4.57 Å². The van der Waals surface area contributed by atoms with E-state index in [1.807, 2.05) is 42.5 Å². The first-order valence-electron chi connectivity index (χ1n) is 8.85. The summed E-state index contributed by atoms with van der Waals surface area (Å²) < 4.78 is 7.21. The van der Waals surface area contributed by atoms with Crippen LogP contribution in [0.5, 0.6) is 5.75 Å². The number of primary amides is 1. The highest BCUT2D eigenvalue weighted by Crippen LogP contribution is 2.23. The molecule has 0 aliphatic heterocycles. The molecule has 2 N–H and O–H groups in total. The number of nitrogens with zero attached hydrogens (tertiary/aromatic N) is 1. The van der Waals surface area contributed by atoms with Crippen LogP contribution in [-0.4, -0.2) is 16.4 Å². The summed E-state index contributed by atoms with van der Waals surface area (Å²) in [6.45, 7) is 0.457. The maximum atomic E-state index is 13.0. The molecule has 3 aromatic carbocycles. The van der Waals surface area contributed by atoms with E-state index < -0.39 is 5.91 Å². The van der Waals surface area contributed by atoms with Gasteiger partial charge in [-0.3, -0.25) is 14.2 Å². The quantitative estimate of drug-likeness (QED) is 0.577. The average Bonchev–Trinajstić information content (AvgIpc) is 3.13. The second-order valence-electron chi connectivity index (χ2n) is 6.40. The molecule has 1 aromatic heterocycles. The molecule has 0 saturated carbocycles. The van der Waals surface area contributed by atoms with Crippen molar-refractivity contribution in [2.75, 3.05) is 0 Å². The van der Waals surface area contributed by atoms with Crippen molar-refractivity contribution in [3.8, 4) is 5.75 Å². The fourth-order valence-electron chi connectivity index (χ4n) is 3.12. The molecular formula is C23H18N2O3.